The molecule has 148 valence electrons. The van der Waals surface area contributed by atoms with Gasteiger partial charge in [-0.2, -0.15) is 0 Å². The van der Waals surface area contributed by atoms with Crippen LogP contribution in [0, 0.1) is 5.82 Å². The van der Waals surface area contributed by atoms with Crippen molar-refractivity contribution in [3.8, 4) is 0 Å². The van der Waals surface area contributed by atoms with E-state index in [0.29, 0.717) is 16.9 Å². The third-order valence-electron chi connectivity index (χ3n) is 4.11. The van der Waals surface area contributed by atoms with Gasteiger partial charge in [-0.05, 0) is 42.0 Å². The Kier molecular flexibility index (Phi) is 6.46. The molecule has 1 heterocycles. The number of carbonyl (C=O) groups is 2. The van der Waals surface area contributed by atoms with Crippen molar-refractivity contribution in [3.63, 3.8) is 0 Å². The predicted molar refractivity (Wildman–Crippen MR) is 108 cm³/mol. The van der Waals surface area contributed by atoms with Crippen molar-refractivity contribution in [1.82, 2.24) is 10.2 Å². The Morgan fingerprint density at radius 3 is 2.55 bits per heavy atom. The lowest BCUT2D eigenvalue weighted by atomic mass is 10.2. The predicted octanol–water partition coefficient (Wildman–Crippen LogP) is 4.50. The van der Waals surface area contributed by atoms with E-state index in [2.05, 4.69) is 5.32 Å². The van der Waals surface area contributed by atoms with Crippen LogP contribution in [0.3, 0.4) is 0 Å². The number of carbonyl (C=O) groups excluding carboxylic acids is 2. The van der Waals surface area contributed by atoms with E-state index in [4.69, 9.17) is 16.0 Å². The van der Waals surface area contributed by atoms with Crippen molar-refractivity contribution in [1.29, 1.82) is 0 Å². The fraction of sp³-hybridized carbons (Fsp3) is 0.0909. The minimum Gasteiger partial charge on any atom is -0.465 e. The highest BCUT2D eigenvalue weighted by Crippen LogP contribution is 2.19. The van der Waals surface area contributed by atoms with E-state index >= 15 is 0 Å². The van der Waals surface area contributed by atoms with Gasteiger partial charge in [0.05, 0.1) is 6.26 Å². The molecule has 3 rings (SSSR count). The van der Waals surface area contributed by atoms with Gasteiger partial charge in [0, 0.05) is 30.3 Å². The normalized spacial score (nSPS) is 11.2. The van der Waals surface area contributed by atoms with Crippen LogP contribution < -0.4 is 5.32 Å². The summed E-state index contributed by atoms with van der Waals surface area (Å²) in [4.78, 5) is 26.9. The van der Waals surface area contributed by atoms with Crippen molar-refractivity contribution in [3.05, 3.63) is 100 Å². The van der Waals surface area contributed by atoms with Crippen molar-refractivity contribution >= 4 is 29.5 Å². The van der Waals surface area contributed by atoms with Crippen molar-refractivity contribution in [2.75, 3.05) is 7.05 Å². The van der Waals surface area contributed by atoms with Gasteiger partial charge >= 0.3 is 0 Å². The molecule has 0 radical (unpaired) electrons. The van der Waals surface area contributed by atoms with Crippen LogP contribution >= 0.6 is 11.6 Å². The molecule has 2 aromatic carbocycles. The molecule has 7 heteroatoms. The van der Waals surface area contributed by atoms with Gasteiger partial charge in [0.1, 0.15) is 17.3 Å². The molecule has 0 atom stereocenters. The number of benzene rings is 2. The van der Waals surface area contributed by atoms with Gasteiger partial charge in [0.25, 0.3) is 11.8 Å². The second-order valence-corrected chi connectivity index (χ2v) is 6.70. The summed E-state index contributed by atoms with van der Waals surface area (Å²) in [7, 11) is 1.56. The summed E-state index contributed by atoms with van der Waals surface area (Å²) in [5.41, 5.74) is 1.03. The van der Waals surface area contributed by atoms with Crippen molar-refractivity contribution < 1.29 is 18.4 Å². The topological polar surface area (TPSA) is 62.6 Å². The number of furan rings is 1. The van der Waals surface area contributed by atoms with E-state index in [-0.39, 0.29) is 17.3 Å². The number of halogens is 2. The summed E-state index contributed by atoms with van der Waals surface area (Å²) in [6.45, 7) is 0.134. The average Bonchev–Trinajstić information content (AvgIpc) is 3.22. The van der Waals surface area contributed by atoms with Gasteiger partial charge in [0.2, 0.25) is 0 Å². The highest BCUT2D eigenvalue weighted by atomic mass is 35.5. The largest absolute Gasteiger partial charge is 0.465 e. The first-order valence-corrected chi connectivity index (χ1v) is 9.13. The summed E-state index contributed by atoms with van der Waals surface area (Å²) in [6, 6.07) is 15.9. The summed E-state index contributed by atoms with van der Waals surface area (Å²) in [5, 5.41) is 2.86. The van der Waals surface area contributed by atoms with Crippen molar-refractivity contribution in [2.45, 2.75) is 6.54 Å². The maximum atomic E-state index is 13.3. The minimum atomic E-state index is -0.457. The van der Waals surface area contributed by atoms with Crippen LogP contribution in [-0.2, 0) is 11.3 Å². The Morgan fingerprint density at radius 2 is 1.90 bits per heavy atom. The zero-order chi connectivity index (χ0) is 20.8. The van der Waals surface area contributed by atoms with E-state index in [1.54, 1.807) is 49.5 Å². The SMILES string of the molecule is CN(Cc1ccc(F)cc1Cl)C(=O)/C(=C/c1ccco1)NC(=O)c1ccccc1. The molecule has 3 aromatic rings. The molecule has 0 bridgehead atoms. The third kappa shape index (κ3) is 5.33. The third-order valence-corrected chi connectivity index (χ3v) is 4.47. The molecule has 0 saturated carbocycles. The maximum Gasteiger partial charge on any atom is 0.270 e. The number of nitrogens with zero attached hydrogens (tertiary/aromatic N) is 1. The summed E-state index contributed by atoms with van der Waals surface area (Å²) in [6.07, 6.45) is 2.92. The number of likely N-dealkylation sites (N-methyl/N-ethyl adjacent to an activating group) is 1. The van der Waals surface area contributed by atoms with E-state index in [0.717, 1.165) is 0 Å². The highest BCUT2D eigenvalue weighted by molar-refractivity contribution is 6.31. The first-order valence-electron chi connectivity index (χ1n) is 8.75. The monoisotopic (exact) mass is 412 g/mol. The van der Waals surface area contributed by atoms with Gasteiger partial charge in [-0.15, -0.1) is 0 Å². The van der Waals surface area contributed by atoms with Crippen LogP contribution in [0.5, 0.6) is 0 Å². The fourth-order valence-electron chi connectivity index (χ4n) is 2.63. The smallest absolute Gasteiger partial charge is 0.270 e. The lowest BCUT2D eigenvalue weighted by molar-refractivity contribution is -0.126. The average molecular weight is 413 g/mol. The molecule has 0 unspecified atom stereocenters. The van der Waals surface area contributed by atoms with E-state index in [1.165, 1.54) is 35.4 Å². The number of rotatable bonds is 6. The van der Waals surface area contributed by atoms with Crippen LogP contribution in [0.2, 0.25) is 5.02 Å². The molecule has 2 amide bonds. The van der Waals surface area contributed by atoms with E-state index < -0.39 is 17.6 Å². The van der Waals surface area contributed by atoms with Gasteiger partial charge < -0.3 is 14.6 Å². The molecule has 0 aliphatic carbocycles. The molecule has 0 aliphatic rings. The number of amides is 2. The summed E-state index contributed by atoms with van der Waals surface area (Å²) in [5.74, 6) is -0.924. The van der Waals surface area contributed by atoms with Gasteiger partial charge in [0.15, 0.2) is 0 Å². The van der Waals surface area contributed by atoms with Gasteiger partial charge in [-0.3, -0.25) is 9.59 Å². The zero-order valence-electron chi connectivity index (χ0n) is 15.6. The van der Waals surface area contributed by atoms with Crippen LogP contribution in [-0.4, -0.2) is 23.8 Å². The maximum absolute atomic E-state index is 13.3. The van der Waals surface area contributed by atoms with Crippen LogP contribution in [0.4, 0.5) is 4.39 Å². The number of hydrogen-bond acceptors (Lipinski definition) is 3. The molecular weight excluding hydrogens is 395 g/mol. The molecule has 29 heavy (non-hydrogen) atoms. The Labute approximate surface area is 172 Å². The Hall–Kier alpha value is -3.38. The second kappa shape index (κ2) is 9.21. The molecular formula is C22H18ClFN2O3. The molecule has 0 spiro atoms. The molecule has 5 nitrogen and oxygen atoms in total. The fourth-order valence-corrected chi connectivity index (χ4v) is 2.86. The zero-order valence-corrected chi connectivity index (χ0v) is 16.3. The first kappa shape index (κ1) is 20.4. The van der Waals surface area contributed by atoms with Crippen LogP contribution in [0.25, 0.3) is 6.08 Å². The van der Waals surface area contributed by atoms with Crippen molar-refractivity contribution in [2.24, 2.45) is 0 Å². The molecule has 0 saturated heterocycles. The van der Waals surface area contributed by atoms with Crippen LogP contribution in [0.15, 0.2) is 77.0 Å². The summed E-state index contributed by atoms with van der Waals surface area (Å²) >= 11 is 6.06. The van der Waals surface area contributed by atoms with Gasteiger partial charge in [-0.25, -0.2) is 4.39 Å². The Morgan fingerprint density at radius 1 is 1.14 bits per heavy atom. The van der Waals surface area contributed by atoms with E-state index in [9.17, 15) is 14.0 Å². The minimum absolute atomic E-state index is 0.0366. The standard InChI is InChI=1S/C22H18ClFN2O3/c1-26(14-16-9-10-17(24)12-19(16)23)22(28)20(13-18-8-5-11-29-18)25-21(27)15-6-3-2-4-7-15/h2-13H,14H2,1H3,(H,25,27)/b20-13-. The second-order valence-electron chi connectivity index (χ2n) is 6.29. The van der Waals surface area contributed by atoms with E-state index in [1.807, 2.05) is 0 Å². The van der Waals surface area contributed by atoms with Crippen LogP contribution in [0.1, 0.15) is 21.7 Å². The highest BCUT2D eigenvalue weighted by Gasteiger charge is 2.20. The molecule has 0 fully saturated rings. The number of hydrogen-bond donors (Lipinski definition) is 1. The lowest BCUT2D eigenvalue weighted by Gasteiger charge is -2.20. The summed E-state index contributed by atoms with van der Waals surface area (Å²) < 4.78 is 18.5. The Balaban J connectivity index is 1.83. The quantitative estimate of drug-likeness (QED) is 0.606. The number of nitrogens with one attached hydrogen (secondary N) is 1. The Bertz CT molecular complexity index is 1030. The lowest BCUT2D eigenvalue weighted by Crippen LogP contribution is -2.36. The molecule has 1 N–H and O–H groups in total. The van der Waals surface area contributed by atoms with Gasteiger partial charge in [-0.1, -0.05) is 35.9 Å². The first-order chi connectivity index (χ1) is 13.9. The molecule has 0 aliphatic heterocycles. The molecule has 1 aromatic heterocycles.